The average molecular weight is 472 g/mol. The van der Waals surface area contributed by atoms with Gasteiger partial charge in [0.15, 0.2) is 0 Å². The van der Waals surface area contributed by atoms with Crippen LogP contribution < -0.4 is 9.80 Å². The zero-order chi connectivity index (χ0) is 24.2. The summed E-state index contributed by atoms with van der Waals surface area (Å²) in [7, 11) is 0. The van der Waals surface area contributed by atoms with Crippen LogP contribution in [0, 0.1) is 47.3 Å². The lowest BCUT2D eigenvalue weighted by Crippen LogP contribution is -2.35. The molecule has 4 bridgehead atoms. The summed E-state index contributed by atoms with van der Waals surface area (Å²) in [5.74, 6) is -2.78. The first-order valence-electron chi connectivity index (χ1n) is 12.3. The lowest BCUT2D eigenvalue weighted by molar-refractivity contribution is -0.124. The molecule has 2 saturated carbocycles. The van der Waals surface area contributed by atoms with Gasteiger partial charge in [0.2, 0.25) is 29.6 Å². The van der Waals surface area contributed by atoms with Crippen molar-refractivity contribution in [2.24, 2.45) is 47.3 Å². The zero-order valence-electron chi connectivity index (χ0n) is 19.1. The molecule has 0 radical (unpaired) electrons. The van der Waals surface area contributed by atoms with Gasteiger partial charge >= 0.3 is 0 Å². The summed E-state index contributed by atoms with van der Waals surface area (Å²) < 4.78 is 0. The fourth-order valence-electron chi connectivity index (χ4n) is 7.87. The number of aromatic nitrogens is 3. The third-order valence-corrected chi connectivity index (χ3v) is 9.08. The van der Waals surface area contributed by atoms with Crippen molar-refractivity contribution in [1.29, 1.82) is 0 Å². The Balaban J connectivity index is 1.15. The molecule has 4 aliphatic carbocycles. The van der Waals surface area contributed by atoms with Crippen LogP contribution in [0.15, 0.2) is 48.6 Å². The molecule has 1 N–H and O–H groups in total. The minimum Gasteiger partial charge on any atom is -0.274 e. The molecule has 1 aromatic rings. The van der Waals surface area contributed by atoms with Crippen molar-refractivity contribution in [1.82, 2.24) is 15.2 Å². The van der Waals surface area contributed by atoms with Crippen molar-refractivity contribution in [2.75, 3.05) is 9.80 Å². The SMILES string of the molecule is C=CCC1=CC2CC1C1C(=O)N(c3n[nH]c(N4C(=O)C5C6C=C(CC=C)C(C6)C5C4=O)n3)C(=O)C21. The first-order valence-corrected chi connectivity index (χ1v) is 12.3. The molecule has 0 spiro atoms. The second kappa shape index (κ2) is 6.96. The number of fused-ring (bicyclic) bond motifs is 10. The van der Waals surface area contributed by atoms with Crippen LogP contribution in [0.4, 0.5) is 11.9 Å². The molecule has 7 rings (SSSR count). The maximum absolute atomic E-state index is 13.3. The number of carbonyl (C=O) groups excluding carboxylic acids is 4. The number of hydrogen-bond donors (Lipinski definition) is 1. The van der Waals surface area contributed by atoms with E-state index in [0.717, 1.165) is 22.6 Å². The minimum absolute atomic E-state index is 0.0276. The number of aromatic amines is 1. The quantitative estimate of drug-likeness (QED) is 0.503. The summed E-state index contributed by atoms with van der Waals surface area (Å²) in [6.45, 7) is 7.59. The molecule has 2 saturated heterocycles. The first kappa shape index (κ1) is 20.7. The molecular formula is C26H25N5O4. The van der Waals surface area contributed by atoms with Crippen LogP contribution in [0.25, 0.3) is 0 Å². The number of rotatable bonds is 6. The van der Waals surface area contributed by atoms with Gasteiger partial charge < -0.3 is 0 Å². The Morgan fingerprint density at radius 3 is 1.83 bits per heavy atom. The van der Waals surface area contributed by atoms with Gasteiger partial charge in [0.1, 0.15) is 0 Å². The van der Waals surface area contributed by atoms with Crippen LogP contribution in [0.1, 0.15) is 25.7 Å². The van der Waals surface area contributed by atoms with Crippen molar-refractivity contribution in [3.8, 4) is 0 Å². The second-order valence-corrected chi connectivity index (χ2v) is 10.6. The highest BCUT2D eigenvalue weighted by molar-refractivity contribution is 6.23. The number of nitrogens with zero attached hydrogens (tertiary/aromatic N) is 4. The lowest BCUT2D eigenvalue weighted by atomic mass is 9.80. The molecule has 9 nitrogen and oxygen atoms in total. The van der Waals surface area contributed by atoms with Crippen LogP contribution in [0.5, 0.6) is 0 Å². The predicted molar refractivity (Wildman–Crippen MR) is 124 cm³/mol. The molecule has 0 aromatic carbocycles. The zero-order valence-corrected chi connectivity index (χ0v) is 19.1. The first-order chi connectivity index (χ1) is 16.9. The van der Waals surface area contributed by atoms with E-state index in [1.54, 1.807) is 0 Å². The van der Waals surface area contributed by atoms with E-state index in [1.165, 1.54) is 11.1 Å². The van der Waals surface area contributed by atoms with Gasteiger partial charge in [-0.15, -0.1) is 18.3 Å². The third-order valence-electron chi connectivity index (χ3n) is 9.08. The van der Waals surface area contributed by atoms with Crippen LogP contribution in [-0.2, 0) is 19.2 Å². The van der Waals surface area contributed by atoms with Gasteiger partial charge in [-0.25, -0.2) is 14.9 Å². The Kier molecular flexibility index (Phi) is 4.12. The minimum atomic E-state index is -0.409. The van der Waals surface area contributed by atoms with E-state index in [2.05, 4.69) is 40.5 Å². The Morgan fingerprint density at radius 1 is 0.800 bits per heavy atom. The molecule has 8 unspecified atom stereocenters. The standard InChI is InChI=1S/C26H25N5O4/c1-3-5-11-7-13-9-15(11)19-17(13)21(32)30(23(19)34)25-27-26(29-28-25)31-22(33)18-14-8-12(6-4-2)16(10-14)20(18)24(31)35/h3-4,7-8,13-20H,1-2,5-6,9-10H2,(H,27,28,29). The second-order valence-electron chi connectivity index (χ2n) is 10.6. The van der Waals surface area contributed by atoms with E-state index >= 15 is 0 Å². The van der Waals surface area contributed by atoms with Gasteiger partial charge in [-0.05, 0) is 49.4 Å². The Bertz CT molecular complexity index is 1210. The summed E-state index contributed by atoms with van der Waals surface area (Å²) in [4.78, 5) is 59.6. The highest BCUT2D eigenvalue weighted by Gasteiger charge is 2.63. The number of H-pyrrole nitrogens is 1. The fourth-order valence-corrected chi connectivity index (χ4v) is 7.87. The molecule has 9 heteroatoms. The molecule has 4 fully saturated rings. The number of carbonyl (C=O) groups is 4. The van der Waals surface area contributed by atoms with Crippen molar-refractivity contribution in [2.45, 2.75) is 25.7 Å². The predicted octanol–water partition coefficient (Wildman–Crippen LogP) is 2.32. The van der Waals surface area contributed by atoms with E-state index in [0.29, 0.717) is 12.8 Å². The van der Waals surface area contributed by atoms with Crippen molar-refractivity contribution in [3.63, 3.8) is 0 Å². The third kappa shape index (κ3) is 2.48. The maximum atomic E-state index is 13.3. The van der Waals surface area contributed by atoms with Gasteiger partial charge in [-0.1, -0.05) is 35.5 Å². The van der Waals surface area contributed by atoms with E-state index in [1.807, 2.05) is 12.2 Å². The maximum Gasteiger partial charge on any atom is 0.259 e. The van der Waals surface area contributed by atoms with E-state index < -0.39 is 23.7 Å². The Hall–Kier alpha value is -3.62. The monoisotopic (exact) mass is 471 g/mol. The summed E-state index contributed by atoms with van der Waals surface area (Å²) in [6, 6.07) is 0. The molecule has 4 amide bonds. The van der Waals surface area contributed by atoms with Gasteiger partial charge in [0.05, 0.1) is 23.7 Å². The van der Waals surface area contributed by atoms with Crippen molar-refractivity contribution >= 4 is 35.5 Å². The number of anilines is 2. The van der Waals surface area contributed by atoms with E-state index in [-0.39, 0.29) is 59.2 Å². The smallest absolute Gasteiger partial charge is 0.259 e. The molecule has 178 valence electrons. The summed E-state index contributed by atoms with van der Waals surface area (Å²) in [5.41, 5.74) is 2.34. The topological polar surface area (TPSA) is 116 Å². The number of allylic oxidation sites excluding steroid dienone is 6. The number of hydrogen-bond acceptors (Lipinski definition) is 6. The van der Waals surface area contributed by atoms with Gasteiger partial charge in [-0.2, -0.15) is 4.98 Å². The van der Waals surface area contributed by atoms with Gasteiger partial charge in [0.25, 0.3) is 5.95 Å². The Morgan fingerprint density at radius 2 is 1.29 bits per heavy atom. The molecule has 1 aromatic heterocycles. The van der Waals surface area contributed by atoms with Crippen LogP contribution in [-0.4, -0.2) is 38.8 Å². The number of amides is 4. The van der Waals surface area contributed by atoms with Crippen LogP contribution in [0.2, 0.25) is 0 Å². The van der Waals surface area contributed by atoms with Gasteiger partial charge in [0, 0.05) is 0 Å². The van der Waals surface area contributed by atoms with Crippen LogP contribution in [0.3, 0.4) is 0 Å². The van der Waals surface area contributed by atoms with Crippen molar-refractivity contribution in [3.05, 3.63) is 48.6 Å². The van der Waals surface area contributed by atoms with Crippen molar-refractivity contribution < 1.29 is 19.2 Å². The average Bonchev–Trinajstić information content (AvgIpc) is 3.65. The highest BCUT2D eigenvalue weighted by Crippen LogP contribution is 2.58. The summed E-state index contributed by atoms with van der Waals surface area (Å²) in [6.07, 6.45) is 10.9. The van der Waals surface area contributed by atoms with Crippen LogP contribution >= 0.6 is 0 Å². The molecule has 8 atom stereocenters. The lowest BCUT2D eigenvalue weighted by Gasteiger charge is -2.20. The number of nitrogens with one attached hydrogen (secondary N) is 1. The largest absolute Gasteiger partial charge is 0.274 e. The normalized spacial score (nSPS) is 38.4. The molecule has 3 heterocycles. The highest BCUT2D eigenvalue weighted by atomic mass is 16.2. The Labute approximate surface area is 201 Å². The summed E-state index contributed by atoms with van der Waals surface area (Å²) in [5, 5.41) is 6.75. The molecule has 6 aliphatic rings. The summed E-state index contributed by atoms with van der Waals surface area (Å²) >= 11 is 0. The van der Waals surface area contributed by atoms with E-state index in [9.17, 15) is 19.2 Å². The molecule has 35 heavy (non-hydrogen) atoms. The van der Waals surface area contributed by atoms with Gasteiger partial charge in [-0.3, -0.25) is 19.2 Å². The van der Waals surface area contributed by atoms with E-state index in [4.69, 9.17) is 0 Å². The molecular weight excluding hydrogens is 446 g/mol. The molecule has 2 aliphatic heterocycles. The number of imide groups is 2. The fraction of sp³-hybridized carbons (Fsp3) is 0.462.